The Labute approximate surface area is 132 Å². The lowest BCUT2D eigenvalue weighted by molar-refractivity contribution is 0.151. The van der Waals surface area contributed by atoms with E-state index in [4.69, 9.17) is 0 Å². The Morgan fingerprint density at radius 3 is 2.77 bits per heavy atom. The first-order valence-electron chi connectivity index (χ1n) is 8.34. The first kappa shape index (κ1) is 15.3. The molecule has 1 aliphatic heterocycles. The number of guanidine groups is 1. The lowest BCUT2D eigenvalue weighted by atomic mass is 9.68. The Kier molecular flexibility index (Phi) is 4.62. The van der Waals surface area contributed by atoms with Crippen molar-refractivity contribution in [3.05, 3.63) is 30.1 Å². The van der Waals surface area contributed by atoms with Crippen molar-refractivity contribution in [2.75, 3.05) is 26.2 Å². The zero-order valence-corrected chi connectivity index (χ0v) is 13.3. The van der Waals surface area contributed by atoms with Gasteiger partial charge in [0.15, 0.2) is 5.96 Å². The lowest BCUT2D eigenvalue weighted by Gasteiger charge is -2.38. The molecule has 2 heterocycles. The van der Waals surface area contributed by atoms with Gasteiger partial charge in [0.25, 0.3) is 0 Å². The molecule has 1 unspecified atom stereocenters. The number of aliphatic hydroxyl groups excluding tert-OH is 1. The van der Waals surface area contributed by atoms with Crippen LogP contribution in [-0.2, 0) is 0 Å². The molecule has 120 valence electrons. The number of aliphatic hydroxyl groups is 1. The molecular weight excluding hydrogens is 276 g/mol. The van der Waals surface area contributed by atoms with Crippen molar-refractivity contribution in [1.82, 2.24) is 15.2 Å². The van der Waals surface area contributed by atoms with Gasteiger partial charge in [-0.25, -0.2) is 0 Å². The van der Waals surface area contributed by atoms with Crippen molar-refractivity contribution in [3.8, 4) is 0 Å². The van der Waals surface area contributed by atoms with E-state index in [0.717, 1.165) is 31.2 Å². The van der Waals surface area contributed by atoms with E-state index in [0.29, 0.717) is 12.0 Å². The van der Waals surface area contributed by atoms with Crippen LogP contribution >= 0.6 is 0 Å². The minimum absolute atomic E-state index is 0.385. The second kappa shape index (κ2) is 6.65. The van der Waals surface area contributed by atoms with Crippen LogP contribution in [0.5, 0.6) is 0 Å². The molecule has 1 spiro atoms. The zero-order valence-electron chi connectivity index (χ0n) is 13.3. The predicted octanol–water partition coefficient (Wildman–Crippen LogP) is 1.96. The van der Waals surface area contributed by atoms with E-state index >= 15 is 0 Å². The molecule has 2 fully saturated rings. The smallest absolute Gasteiger partial charge is 0.194 e. The van der Waals surface area contributed by atoms with Crippen molar-refractivity contribution < 1.29 is 5.11 Å². The summed E-state index contributed by atoms with van der Waals surface area (Å²) in [6, 6.07) is 3.68. The number of aliphatic imine (C=N–C) groups is 1. The molecule has 22 heavy (non-hydrogen) atoms. The lowest BCUT2D eigenvalue weighted by Crippen LogP contribution is -2.42. The Balaban J connectivity index is 1.63. The van der Waals surface area contributed by atoms with Gasteiger partial charge in [-0.15, -0.1) is 0 Å². The average molecular weight is 302 g/mol. The highest BCUT2D eigenvalue weighted by Gasteiger charge is 2.43. The Hall–Kier alpha value is -1.62. The summed E-state index contributed by atoms with van der Waals surface area (Å²) in [5.74, 6) is 0.944. The van der Waals surface area contributed by atoms with Crippen LogP contribution in [0.25, 0.3) is 0 Å². The van der Waals surface area contributed by atoms with E-state index in [9.17, 15) is 5.11 Å². The van der Waals surface area contributed by atoms with Crippen LogP contribution in [0, 0.1) is 5.41 Å². The van der Waals surface area contributed by atoms with Crippen LogP contribution in [0.3, 0.4) is 0 Å². The predicted molar refractivity (Wildman–Crippen MR) is 87.6 cm³/mol. The highest BCUT2D eigenvalue weighted by atomic mass is 16.3. The normalized spacial score (nSPS) is 21.7. The van der Waals surface area contributed by atoms with Gasteiger partial charge in [0, 0.05) is 32.0 Å². The first-order chi connectivity index (χ1) is 10.7. The highest BCUT2D eigenvalue weighted by molar-refractivity contribution is 5.80. The monoisotopic (exact) mass is 302 g/mol. The molecule has 2 N–H and O–H groups in total. The van der Waals surface area contributed by atoms with E-state index in [1.165, 1.54) is 25.7 Å². The molecule has 0 aromatic carbocycles. The third kappa shape index (κ3) is 3.24. The number of aromatic nitrogens is 1. The van der Waals surface area contributed by atoms with Crippen LogP contribution in [0.2, 0.25) is 0 Å². The van der Waals surface area contributed by atoms with Gasteiger partial charge in [-0.05, 0) is 49.3 Å². The van der Waals surface area contributed by atoms with Crippen LogP contribution in [-0.4, -0.2) is 47.1 Å². The molecule has 1 saturated heterocycles. The van der Waals surface area contributed by atoms with E-state index < -0.39 is 6.10 Å². The molecule has 5 nitrogen and oxygen atoms in total. The molecule has 1 aromatic rings. The number of hydrogen-bond acceptors (Lipinski definition) is 3. The van der Waals surface area contributed by atoms with Crippen molar-refractivity contribution in [2.45, 2.75) is 38.7 Å². The fraction of sp³-hybridized carbons (Fsp3) is 0.647. The topological polar surface area (TPSA) is 60.8 Å². The second-order valence-electron chi connectivity index (χ2n) is 6.52. The first-order valence-corrected chi connectivity index (χ1v) is 8.34. The molecule has 2 aliphatic rings. The molecule has 1 aliphatic carbocycles. The number of likely N-dealkylation sites (tertiary alicyclic amines) is 1. The Morgan fingerprint density at radius 2 is 2.18 bits per heavy atom. The number of nitrogens with one attached hydrogen (secondary N) is 1. The quantitative estimate of drug-likeness (QED) is 0.659. The summed E-state index contributed by atoms with van der Waals surface area (Å²) in [5.41, 5.74) is 1.42. The summed E-state index contributed by atoms with van der Waals surface area (Å²) in [6.07, 6.45) is 8.22. The fourth-order valence-electron chi connectivity index (χ4n) is 3.49. The summed E-state index contributed by atoms with van der Waals surface area (Å²) in [5, 5.41) is 13.6. The van der Waals surface area contributed by atoms with Gasteiger partial charge >= 0.3 is 0 Å². The van der Waals surface area contributed by atoms with E-state index in [1.54, 1.807) is 12.4 Å². The third-order valence-corrected chi connectivity index (χ3v) is 4.99. The van der Waals surface area contributed by atoms with Crippen molar-refractivity contribution in [3.63, 3.8) is 0 Å². The molecule has 1 saturated carbocycles. The standard InChI is InChI=1S/C17H26N4O/c1-2-19-16(21-11-8-17(13-21)6-3-7-17)20-12-15(22)14-4-9-18-10-5-14/h4-5,9-10,15,22H,2-3,6-8,11-13H2,1H3,(H,19,20). The van der Waals surface area contributed by atoms with E-state index in [-0.39, 0.29) is 0 Å². The van der Waals surface area contributed by atoms with Crippen LogP contribution < -0.4 is 5.32 Å². The SMILES string of the molecule is CCNC(=NCC(O)c1ccncc1)N1CCC2(CCC2)C1. The van der Waals surface area contributed by atoms with E-state index in [1.807, 2.05) is 12.1 Å². The zero-order chi connectivity index (χ0) is 15.4. The highest BCUT2D eigenvalue weighted by Crippen LogP contribution is 2.47. The van der Waals surface area contributed by atoms with E-state index in [2.05, 4.69) is 27.1 Å². The summed E-state index contributed by atoms with van der Waals surface area (Å²) >= 11 is 0. The number of nitrogens with zero attached hydrogens (tertiary/aromatic N) is 3. The summed E-state index contributed by atoms with van der Waals surface area (Å²) in [4.78, 5) is 11.0. The Morgan fingerprint density at radius 1 is 1.41 bits per heavy atom. The van der Waals surface area contributed by atoms with Gasteiger partial charge in [0.05, 0.1) is 12.6 Å². The molecule has 3 rings (SSSR count). The van der Waals surface area contributed by atoms with Gasteiger partial charge in [-0.3, -0.25) is 9.98 Å². The molecule has 0 amide bonds. The van der Waals surface area contributed by atoms with Gasteiger partial charge in [-0.2, -0.15) is 0 Å². The van der Waals surface area contributed by atoms with Gasteiger partial charge in [0.2, 0.25) is 0 Å². The largest absolute Gasteiger partial charge is 0.386 e. The fourth-order valence-corrected chi connectivity index (χ4v) is 3.49. The number of hydrogen-bond donors (Lipinski definition) is 2. The molecule has 1 atom stereocenters. The summed E-state index contributed by atoms with van der Waals surface area (Å²) < 4.78 is 0. The third-order valence-electron chi connectivity index (χ3n) is 4.99. The maximum atomic E-state index is 10.3. The molecule has 1 aromatic heterocycles. The maximum Gasteiger partial charge on any atom is 0.194 e. The van der Waals surface area contributed by atoms with Gasteiger partial charge in [-0.1, -0.05) is 6.42 Å². The number of rotatable bonds is 4. The Bertz CT molecular complexity index is 513. The van der Waals surface area contributed by atoms with Crippen molar-refractivity contribution >= 4 is 5.96 Å². The minimum Gasteiger partial charge on any atom is -0.386 e. The van der Waals surface area contributed by atoms with Gasteiger partial charge in [0.1, 0.15) is 0 Å². The van der Waals surface area contributed by atoms with Crippen LogP contribution in [0.4, 0.5) is 0 Å². The molecular formula is C17H26N4O. The minimum atomic E-state index is -0.572. The molecule has 0 bridgehead atoms. The van der Waals surface area contributed by atoms with Crippen LogP contribution in [0.15, 0.2) is 29.5 Å². The summed E-state index contributed by atoms with van der Waals surface area (Å²) in [7, 11) is 0. The van der Waals surface area contributed by atoms with Crippen molar-refractivity contribution in [2.24, 2.45) is 10.4 Å². The molecule has 0 radical (unpaired) electrons. The second-order valence-corrected chi connectivity index (χ2v) is 6.52. The van der Waals surface area contributed by atoms with Gasteiger partial charge < -0.3 is 15.3 Å². The van der Waals surface area contributed by atoms with Crippen molar-refractivity contribution in [1.29, 1.82) is 0 Å². The number of pyridine rings is 1. The average Bonchev–Trinajstić information content (AvgIpc) is 2.98. The maximum absolute atomic E-state index is 10.3. The van der Waals surface area contributed by atoms with Crippen LogP contribution in [0.1, 0.15) is 44.3 Å². The summed E-state index contributed by atoms with van der Waals surface area (Å²) in [6.45, 7) is 5.52. The molecule has 5 heteroatoms.